The van der Waals surface area contributed by atoms with Gasteiger partial charge in [-0.05, 0) is 37.3 Å². The first-order valence-corrected chi connectivity index (χ1v) is 9.19. The lowest BCUT2D eigenvalue weighted by molar-refractivity contribution is -0.137. The van der Waals surface area contributed by atoms with Crippen LogP contribution in [0.2, 0.25) is 0 Å². The third-order valence-corrected chi connectivity index (χ3v) is 4.97. The van der Waals surface area contributed by atoms with Gasteiger partial charge in [-0.2, -0.15) is 13.2 Å². The molecular formula is C19H16F3N3O2S. The lowest BCUT2D eigenvalue weighted by Gasteiger charge is -2.07. The highest BCUT2D eigenvalue weighted by atomic mass is 32.2. The molecule has 9 heteroatoms. The molecule has 1 fully saturated rings. The second-order valence-corrected chi connectivity index (χ2v) is 7.37. The minimum atomic E-state index is -4.47. The molecule has 2 N–H and O–H groups in total. The van der Waals surface area contributed by atoms with E-state index in [2.05, 4.69) is 15.6 Å². The molecule has 146 valence electrons. The molecule has 0 aliphatic carbocycles. The Labute approximate surface area is 163 Å². The number of hydrogen-bond acceptors (Lipinski definition) is 4. The number of hydrogen-bond donors (Lipinski definition) is 2. The van der Waals surface area contributed by atoms with Crippen molar-refractivity contribution in [3.63, 3.8) is 0 Å². The van der Waals surface area contributed by atoms with Crippen LogP contribution in [0.15, 0.2) is 53.5 Å². The van der Waals surface area contributed by atoms with E-state index in [1.807, 2.05) is 19.1 Å². The lowest BCUT2D eigenvalue weighted by Crippen LogP contribution is -2.28. The summed E-state index contributed by atoms with van der Waals surface area (Å²) in [5, 5.41) is 4.67. The van der Waals surface area contributed by atoms with Crippen LogP contribution in [0.1, 0.15) is 17.5 Å². The van der Waals surface area contributed by atoms with Crippen molar-refractivity contribution in [2.45, 2.75) is 24.8 Å². The maximum Gasteiger partial charge on any atom is 0.416 e. The SMILES string of the molecule is Cc1ccc(NC(=O)C[C@@H]2SC(=Nc3cccc(C(F)(F)F)c3)NC2=O)cc1. The summed E-state index contributed by atoms with van der Waals surface area (Å²) in [4.78, 5) is 28.3. The number of aryl methyl sites for hydroxylation is 1. The number of anilines is 1. The number of aliphatic imine (C=N–C) groups is 1. The van der Waals surface area contributed by atoms with Crippen molar-refractivity contribution in [2.24, 2.45) is 4.99 Å². The van der Waals surface area contributed by atoms with Crippen LogP contribution >= 0.6 is 11.8 Å². The number of nitrogens with zero attached hydrogens (tertiary/aromatic N) is 1. The zero-order valence-electron chi connectivity index (χ0n) is 14.7. The van der Waals surface area contributed by atoms with E-state index in [4.69, 9.17) is 0 Å². The number of amides is 2. The van der Waals surface area contributed by atoms with E-state index in [-0.39, 0.29) is 23.2 Å². The lowest BCUT2D eigenvalue weighted by atomic mass is 10.2. The van der Waals surface area contributed by atoms with E-state index in [0.717, 1.165) is 29.5 Å². The molecule has 28 heavy (non-hydrogen) atoms. The van der Waals surface area contributed by atoms with Gasteiger partial charge in [0.1, 0.15) is 5.25 Å². The van der Waals surface area contributed by atoms with Gasteiger partial charge >= 0.3 is 6.18 Å². The summed E-state index contributed by atoms with van der Waals surface area (Å²) < 4.78 is 38.3. The normalized spacial score (nSPS) is 18.2. The van der Waals surface area contributed by atoms with Crippen molar-refractivity contribution in [2.75, 3.05) is 5.32 Å². The van der Waals surface area contributed by atoms with E-state index >= 15 is 0 Å². The molecule has 1 aliphatic heterocycles. The van der Waals surface area contributed by atoms with Gasteiger partial charge in [-0.1, -0.05) is 35.5 Å². The average molecular weight is 407 g/mol. The molecule has 1 heterocycles. The quantitative estimate of drug-likeness (QED) is 0.796. The first kappa shape index (κ1) is 19.9. The molecule has 3 rings (SSSR count). The summed E-state index contributed by atoms with van der Waals surface area (Å²) >= 11 is 1.02. The molecule has 2 aromatic carbocycles. The monoisotopic (exact) mass is 407 g/mol. The molecule has 0 bridgehead atoms. The van der Waals surface area contributed by atoms with E-state index in [1.54, 1.807) is 12.1 Å². The minimum absolute atomic E-state index is 0.0716. The van der Waals surface area contributed by atoms with Gasteiger partial charge in [-0.3, -0.25) is 9.59 Å². The van der Waals surface area contributed by atoms with Crippen LogP contribution in [0.3, 0.4) is 0 Å². The Balaban J connectivity index is 1.64. The van der Waals surface area contributed by atoms with Gasteiger partial charge in [-0.15, -0.1) is 0 Å². The van der Waals surface area contributed by atoms with Crippen LogP contribution in [0, 0.1) is 6.92 Å². The summed E-state index contributed by atoms with van der Waals surface area (Å²) in [6.45, 7) is 1.93. The number of benzene rings is 2. The van der Waals surface area contributed by atoms with Crippen LogP contribution in [0.4, 0.5) is 24.5 Å². The molecule has 1 atom stereocenters. The molecule has 2 aromatic rings. The number of thioether (sulfide) groups is 1. The second-order valence-electron chi connectivity index (χ2n) is 6.18. The highest BCUT2D eigenvalue weighted by Crippen LogP contribution is 2.32. The van der Waals surface area contributed by atoms with Gasteiger partial charge in [0.15, 0.2) is 5.17 Å². The maximum atomic E-state index is 12.8. The Morgan fingerprint density at radius 2 is 1.93 bits per heavy atom. The highest BCUT2D eigenvalue weighted by Gasteiger charge is 2.33. The van der Waals surface area contributed by atoms with Crippen molar-refractivity contribution in [1.82, 2.24) is 5.32 Å². The molecule has 5 nitrogen and oxygen atoms in total. The minimum Gasteiger partial charge on any atom is -0.326 e. The predicted octanol–water partition coefficient (Wildman–Crippen LogP) is 4.26. The molecule has 0 spiro atoms. The van der Waals surface area contributed by atoms with Crippen LogP contribution < -0.4 is 10.6 Å². The van der Waals surface area contributed by atoms with Crippen molar-refractivity contribution in [1.29, 1.82) is 0 Å². The van der Waals surface area contributed by atoms with Crippen LogP contribution in [0.25, 0.3) is 0 Å². The third kappa shape index (κ3) is 5.13. The zero-order chi connectivity index (χ0) is 20.3. The molecule has 0 radical (unpaired) electrons. The Hall–Kier alpha value is -2.81. The first-order chi connectivity index (χ1) is 13.2. The fraction of sp³-hybridized carbons (Fsp3) is 0.211. The molecule has 1 aliphatic rings. The van der Waals surface area contributed by atoms with Crippen molar-refractivity contribution in [3.8, 4) is 0 Å². The number of rotatable bonds is 4. The average Bonchev–Trinajstić information content (AvgIpc) is 2.95. The zero-order valence-corrected chi connectivity index (χ0v) is 15.5. The van der Waals surface area contributed by atoms with Gasteiger partial charge in [0.05, 0.1) is 11.3 Å². The van der Waals surface area contributed by atoms with Gasteiger partial charge in [0, 0.05) is 12.1 Å². The Kier molecular flexibility index (Phi) is 5.73. The molecule has 1 saturated heterocycles. The summed E-state index contributed by atoms with van der Waals surface area (Å²) in [6, 6.07) is 11.7. The number of halogens is 3. The summed E-state index contributed by atoms with van der Waals surface area (Å²) in [6.07, 6.45) is -4.55. The Morgan fingerprint density at radius 3 is 2.61 bits per heavy atom. The third-order valence-electron chi connectivity index (χ3n) is 3.89. The number of nitrogens with one attached hydrogen (secondary N) is 2. The fourth-order valence-corrected chi connectivity index (χ4v) is 3.47. The molecule has 2 amide bonds. The summed E-state index contributed by atoms with van der Waals surface area (Å²) in [5.41, 5.74) is 0.927. The van der Waals surface area contributed by atoms with Gasteiger partial charge < -0.3 is 10.6 Å². The summed E-state index contributed by atoms with van der Waals surface area (Å²) in [5.74, 6) is -0.744. The number of alkyl halides is 3. The molecule has 0 aromatic heterocycles. The van der Waals surface area contributed by atoms with Gasteiger partial charge in [0.25, 0.3) is 0 Å². The maximum absolute atomic E-state index is 12.8. The predicted molar refractivity (Wildman–Crippen MR) is 102 cm³/mol. The Morgan fingerprint density at radius 1 is 1.21 bits per heavy atom. The topological polar surface area (TPSA) is 70.6 Å². The van der Waals surface area contributed by atoms with E-state index in [0.29, 0.717) is 5.69 Å². The molecular weight excluding hydrogens is 391 g/mol. The van der Waals surface area contributed by atoms with Crippen molar-refractivity contribution >= 4 is 40.1 Å². The molecule has 0 unspecified atom stereocenters. The number of carbonyl (C=O) groups excluding carboxylic acids is 2. The number of amidine groups is 1. The van der Waals surface area contributed by atoms with Crippen LogP contribution in [0.5, 0.6) is 0 Å². The standard InChI is InChI=1S/C19H16F3N3O2S/c1-11-5-7-13(8-6-11)23-16(26)10-15-17(27)25-18(28-15)24-14-4-2-3-12(9-14)19(20,21)22/h2-9,15H,10H2,1H3,(H,23,26)(H,24,25,27)/t15-/m0/s1. The van der Waals surface area contributed by atoms with Crippen LogP contribution in [-0.4, -0.2) is 22.2 Å². The van der Waals surface area contributed by atoms with Crippen molar-refractivity contribution in [3.05, 3.63) is 59.7 Å². The van der Waals surface area contributed by atoms with E-state index < -0.39 is 22.9 Å². The first-order valence-electron chi connectivity index (χ1n) is 8.31. The second kappa shape index (κ2) is 8.05. The smallest absolute Gasteiger partial charge is 0.326 e. The van der Waals surface area contributed by atoms with Crippen LogP contribution in [-0.2, 0) is 15.8 Å². The fourth-order valence-electron chi connectivity index (χ4n) is 2.48. The molecule has 0 saturated carbocycles. The van der Waals surface area contributed by atoms with E-state index in [1.165, 1.54) is 12.1 Å². The summed E-state index contributed by atoms with van der Waals surface area (Å²) in [7, 11) is 0. The number of carbonyl (C=O) groups is 2. The van der Waals surface area contributed by atoms with Gasteiger partial charge in [-0.25, -0.2) is 4.99 Å². The Bertz CT molecular complexity index is 927. The highest BCUT2D eigenvalue weighted by molar-refractivity contribution is 8.15. The largest absolute Gasteiger partial charge is 0.416 e. The van der Waals surface area contributed by atoms with E-state index in [9.17, 15) is 22.8 Å². The van der Waals surface area contributed by atoms with Gasteiger partial charge in [0.2, 0.25) is 11.8 Å². The van der Waals surface area contributed by atoms with Crippen molar-refractivity contribution < 1.29 is 22.8 Å².